The zero-order valence-corrected chi connectivity index (χ0v) is 14.7. The van der Waals surface area contributed by atoms with Crippen LogP contribution in [0.1, 0.15) is 35.3 Å². The molecule has 25 heavy (non-hydrogen) atoms. The number of hydrogen-bond donors (Lipinski definition) is 1. The number of para-hydroxylation sites is 1. The second-order valence-electron chi connectivity index (χ2n) is 6.21. The molecule has 0 radical (unpaired) electrons. The molecule has 0 unspecified atom stereocenters. The van der Waals surface area contributed by atoms with Gasteiger partial charge in [0.1, 0.15) is 0 Å². The van der Waals surface area contributed by atoms with Crippen LogP contribution in [-0.2, 0) is 11.2 Å². The molecule has 3 rings (SSSR count). The van der Waals surface area contributed by atoms with Crippen LogP contribution in [0.4, 0.5) is 0 Å². The fourth-order valence-corrected chi connectivity index (χ4v) is 2.95. The van der Waals surface area contributed by atoms with Crippen molar-refractivity contribution in [1.82, 2.24) is 20.1 Å². The lowest BCUT2D eigenvalue weighted by molar-refractivity contribution is -0.121. The second-order valence-corrected chi connectivity index (χ2v) is 6.21. The first kappa shape index (κ1) is 16.9. The highest BCUT2D eigenvalue weighted by molar-refractivity contribution is 5.78. The van der Waals surface area contributed by atoms with Crippen molar-refractivity contribution in [3.63, 3.8) is 0 Å². The number of rotatable bonds is 5. The van der Waals surface area contributed by atoms with E-state index in [0.29, 0.717) is 6.42 Å². The summed E-state index contributed by atoms with van der Waals surface area (Å²) in [5.41, 5.74) is 5.17. The van der Waals surface area contributed by atoms with Crippen molar-refractivity contribution in [3.8, 4) is 5.69 Å². The summed E-state index contributed by atoms with van der Waals surface area (Å²) in [4.78, 5) is 16.3. The van der Waals surface area contributed by atoms with E-state index in [-0.39, 0.29) is 11.9 Å². The van der Waals surface area contributed by atoms with Crippen LogP contribution in [0, 0.1) is 13.8 Å². The molecule has 0 spiro atoms. The Morgan fingerprint density at radius 3 is 2.68 bits per heavy atom. The van der Waals surface area contributed by atoms with Gasteiger partial charge in [0.15, 0.2) is 0 Å². The van der Waals surface area contributed by atoms with Gasteiger partial charge in [-0.1, -0.05) is 24.3 Å². The Morgan fingerprint density at radius 1 is 1.16 bits per heavy atom. The van der Waals surface area contributed by atoms with Gasteiger partial charge in [-0.05, 0) is 44.0 Å². The lowest BCUT2D eigenvalue weighted by Crippen LogP contribution is -2.28. The van der Waals surface area contributed by atoms with Gasteiger partial charge in [0.2, 0.25) is 5.91 Å². The number of nitrogens with zero attached hydrogens (tertiary/aromatic N) is 3. The van der Waals surface area contributed by atoms with Crippen molar-refractivity contribution in [1.29, 1.82) is 0 Å². The highest BCUT2D eigenvalue weighted by Gasteiger charge is 2.17. The van der Waals surface area contributed by atoms with E-state index in [1.165, 1.54) is 0 Å². The molecule has 1 aromatic carbocycles. The zero-order chi connectivity index (χ0) is 17.8. The first-order chi connectivity index (χ1) is 12.1. The standard InChI is InChI=1S/C20H22N4O/c1-14-7-4-5-9-19(14)24-16(3)18(13-22-24)15(2)23-20(25)11-17-8-6-10-21-12-17/h4-10,12-13,15H,11H2,1-3H3,(H,23,25)/t15-/m0/s1. The number of aryl methyl sites for hydroxylation is 1. The van der Waals surface area contributed by atoms with E-state index in [1.54, 1.807) is 12.4 Å². The Balaban J connectivity index is 1.74. The number of pyridine rings is 1. The third kappa shape index (κ3) is 3.76. The van der Waals surface area contributed by atoms with E-state index in [2.05, 4.69) is 28.4 Å². The summed E-state index contributed by atoms with van der Waals surface area (Å²) in [7, 11) is 0. The predicted molar refractivity (Wildman–Crippen MR) is 97.5 cm³/mol. The topological polar surface area (TPSA) is 59.8 Å². The Hall–Kier alpha value is -2.95. The molecule has 3 aromatic rings. The maximum atomic E-state index is 12.3. The molecule has 1 N–H and O–H groups in total. The zero-order valence-electron chi connectivity index (χ0n) is 14.7. The molecule has 0 aliphatic heterocycles. The lowest BCUT2D eigenvalue weighted by atomic mass is 10.1. The fraction of sp³-hybridized carbons (Fsp3) is 0.250. The molecule has 0 fully saturated rings. The molecular formula is C20H22N4O. The van der Waals surface area contributed by atoms with Crippen molar-refractivity contribution in [3.05, 3.63) is 77.4 Å². The number of nitrogens with one attached hydrogen (secondary N) is 1. The minimum atomic E-state index is -0.109. The summed E-state index contributed by atoms with van der Waals surface area (Å²) in [6, 6.07) is 11.8. The molecule has 0 bridgehead atoms. The number of carbonyl (C=O) groups excluding carboxylic acids is 1. The van der Waals surface area contributed by atoms with E-state index in [0.717, 1.165) is 28.1 Å². The molecule has 0 saturated heterocycles. The summed E-state index contributed by atoms with van der Waals surface area (Å²) in [6.45, 7) is 6.07. The number of carbonyl (C=O) groups is 1. The maximum Gasteiger partial charge on any atom is 0.224 e. The molecule has 5 nitrogen and oxygen atoms in total. The Morgan fingerprint density at radius 2 is 1.96 bits per heavy atom. The van der Waals surface area contributed by atoms with Crippen LogP contribution in [0.25, 0.3) is 5.69 Å². The predicted octanol–water partition coefficient (Wildman–Crippen LogP) is 3.30. The quantitative estimate of drug-likeness (QED) is 0.779. The van der Waals surface area contributed by atoms with Gasteiger partial charge in [-0.25, -0.2) is 4.68 Å². The van der Waals surface area contributed by atoms with Gasteiger partial charge >= 0.3 is 0 Å². The van der Waals surface area contributed by atoms with Crippen LogP contribution in [0.3, 0.4) is 0 Å². The Kier molecular flexibility index (Phi) is 4.93. The van der Waals surface area contributed by atoms with E-state index in [4.69, 9.17) is 0 Å². The third-order valence-electron chi connectivity index (χ3n) is 4.32. The SMILES string of the molecule is Cc1ccccc1-n1ncc([C@H](C)NC(=O)Cc2cccnc2)c1C. The number of hydrogen-bond acceptors (Lipinski definition) is 3. The van der Waals surface area contributed by atoms with E-state index in [9.17, 15) is 4.79 Å². The molecule has 1 amide bonds. The average molecular weight is 334 g/mol. The lowest BCUT2D eigenvalue weighted by Gasteiger charge is -2.14. The first-order valence-corrected chi connectivity index (χ1v) is 8.35. The summed E-state index contributed by atoms with van der Waals surface area (Å²) in [6.07, 6.45) is 5.57. The van der Waals surface area contributed by atoms with Crippen molar-refractivity contribution in [2.45, 2.75) is 33.2 Å². The van der Waals surface area contributed by atoms with Crippen molar-refractivity contribution < 1.29 is 4.79 Å². The highest BCUT2D eigenvalue weighted by atomic mass is 16.1. The van der Waals surface area contributed by atoms with Crippen molar-refractivity contribution in [2.75, 3.05) is 0 Å². The number of aromatic nitrogens is 3. The molecule has 1 atom stereocenters. The van der Waals surface area contributed by atoms with Gasteiger partial charge in [-0.2, -0.15) is 5.10 Å². The molecule has 2 aromatic heterocycles. The van der Waals surface area contributed by atoms with Crippen LogP contribution >= 0.6 is 0 Å². The normalized spacial score (nSPS) is 12.0. The molecule has 2 heterocycles. The smallest absolute Gasteiger partial charge is 0.224 e. The minimum absolute atomic E-state index is 0.0245. The third-order valence-corrected chi connectivity index (χ3v) is 4.32. The molecular weight excluding hydrogens is 312 g/mol. The van der Waals surface area contributed by atoms with Gasteiger partial charge in [0.05, 0.1) is 24.3 Å². The van der Waals surface area contributed by atoms with Crippen LogP contribution in [0.15, 0.2) is 55.0 Å². The Labute approximate surface area is 147 Å². The molecule has 128 valence electrons. The van der Waals surface area contributed by atoms with Gasteiger partial charge in [0.25, 0.3) is 0 Å². The molecule has 0 saturated carbocycles. The van der Waals surface area contributed by atoms with Crippen molar-refractivity contribution in [2.24, 2.45) is 0 Å². The molecule has 5 heteroatoms. The summed E-state index contributed by atoms with van der Waals surface area (Å²) in [5.74, 6) is -0.0245. The largest absolute Gasteiger partial charge is 0.349 e. The molecule has 0 aliphatic carbocycles. The van der Waals surface area contributed by atoms with E-state index < -0.39 is 0 Å². The summed E-state index contributed by atoms with van der Waals surface area (Å²) in [5, 5.41) is 7.56. The first-order valence-electron chi connectivity index (χ1n) is 8.35. The molecule has 0 aliphatic rings. The summed E-state index contributed by atoms with van der Waals surface area (Å²) >= 11 is 0. The van der Waals surface area contributed by atoms with Crippen LogP contribution in [0.2, 0.25) is 0 Å². The van der Waals surface area contributed by atoms with E-state index >= 15 is 0 Å². The van der Waals surface area contributed by atoms with Crippen LogP contribution in [-0.4, -0.2) is 20.7 Å². The van der Waals surface area contributed by atoms with Crippen molar-refractivity contribution >= 4 is 5.91 Å². The monoisotopic (exact) mass is 334 g/mol. The van der Waals surface area contributed by atoms with Gasteiger partial charge in [-0.15, -0.1) is 0 Å². The highest BCUT2D eigenvalue weighted by Crippen LogP contribution is 2.22. The number of amides is 1. The van der Waals surface area contributed by atoms with Gasteiger partial charge < -0.3 is 5.32 Å². The average Bonchev–Trinajstić information content (AvgIpc) is 2.97. The van der Waals surface area contributed by atoms with Gasteiger partial charge in [0, 0.05) is 23.7 Å². The van der Waals surface area contributed by atoms with Crippen LogP contribution < -0.4 is 5.32 Å². The maximum absolute atomic E-state index is 12.3. The summed E-state index contributed by atoms with van der Waals surface area (Å²) < 4.78 is 1.93. The number of benzene rings is 1. The van der Waals surface area contributed by atoms with Crippen LogP contribution in [0.5, 0.6) is 0 Å². The van der Waals surface area contributed by atoms with Gasteiger partial charge in [-0.3, -0.25) is 9.78 Å². The second kappa shape index (κ2) is 7.30. The fourth-order valence-electron chi connectivity index (χ4n) is 2.95. The Bertz CT molecular complexity index is 870. The minimum Gasteiger partial charge on any atom is -0.349 e. The van der Waals surface area contributed by atoms with E-state index in [1.807, 2.05) is 55.1 Å².